The van der Waals surface area contributed by atoms with Gasteiger partial charge < -0.3 is 20.1 Å². The van der Waals surface area contributed by atoms with Crippen molar-refractivity contribution in [2.75, 3.05) is 18.5 Å². The van der Waals surface area contributed by atoms with E-state index in [9.17, 15) is 19.5 Å². The third-order valence-electron chi connectivity index (χ3n) is 7.53. The summed E-state index contributed by atoms with van der Waals surface area (Å²) in [5, 5.41) is 17.0. The van der Waals surface area contributed by atoms with E-state index in [0.717, 1.165) is 16.7 Å². The van der Waals surface area contributed by atoms with Crippen LogP contribution in [0.1, 0.15) is 39.0 Å². The molecule has 47 heavy (non-hydrogen) atoms. The van der Waals surface area contributed by atoms with Crippen molar-refractivity contribution in [2.45, 2.75) is 25.4 Å². The number of para-hydroxylation sites is 1. The van der Waals surface area contributed by atoms with E-state index in [0.29, 0.717) is 48.7 Å². The summed E-state index contributed by atoms with van der Waals surface area (Å²) in [6.07, 6.45) is 4.30. The Morgan fingerprint density at radius 2 is 1.53 bits per heavy atom. The summed E-state index contributed by atoms with van der Waals surface area (Å²) in [5.41, 5.74) is 4.28. The van der Waals surface area contributed by atoms with Gasteiger partial charge >= 0.3 is 5.97 Å². The van der Waals surface area contributed by atoms with Crippen LogP contribution in [0.4, 0.5) is 5.69 Å². The highest BCUT2D eigenvalue weighted by Gasteiger charge is 2.21. The van der Waals surface area contributed by atoms with Crippen LogP contribution >= 0.6 is 11.3 Å². The molecule has 0 saturated heterocycles. The van der Waals surface area contributed by atoms with Gasteiger partial charge in [-0.2, -0.15) is 11.3 Å². The van der Waals surface area contributed by atoms with Crippen LogP contribution in [0.3, 0.4) is 0 Å². The first-order valence-electron chi connectivity index (χ1n) is 15.4. The molecule has 0 saturated carbocycles. The molecule has 0 spiro atoms. The summed E-state index contributed by atoms with van der Waals surface area (Å²) >= 11 is 1.59. The average Bonchev–Trinajstić information content (AvgIpc) is 3.63. The van der Waals surface area contributed by atoms with E-state index >= 15 is 0 Å². The van der Waals surface area contributed by atoms with Gasteiger partial charge in [-0.05, 0) is 70.3 Å². The molecule has 8 heteroatoms. The predicted octanol–water partition coefficient (Wildman–Crippen LogP) is 7.60. The van der Waals surface area contributed by atoms with E-state index in [2.05, 4.69) is 5.32 Å². The molecule has 1 heterocycles. The number of carbonyl (C=O) groups excluding carboxylic acids is 2. The van der Waals surface area contributed by atoms with Gasteiger partial charge in [-0.3, -0.25) is 9.59 Å². The van der Waals surface area contributed by atoms with Crippen LogP contribution < -0.4 is 10.1 Å². The largest absolute Gasteiger partial charge is 0.494 e. The second-order valence-corrected chi connectivity index (χ2v) is 11.7. The standard InChI is InChI=1S/C39H36N2O5S/c42-37(21-18-31-22-25-47-28-31)41(27-30-10-3-1-4-11-30)23-9-24-46-33-19-16-29(17-20-33)26-36(39(44)45)40-35-15-8-7-14-34(35)38(43)32-12-5-2-6-13-32/h1-8,10-22,25,28,36,40H,9,23-24,26-27H2,(H,44,45)/t36-/m0/s1. The number of carbonyl (C=O) groups is 3. The first kappa shape index (κ1) is 32.9. The number of benzene rings is 4. The third kappa shape index (κ3) is 9.76. The molecule has 0 fully saturated rings. The lowest BCUT2D eigenvalue weighted by Crippen LogP contribution is -2.32. The number of nitrogens with one attached hydrogen (secondary N) is 1. The first-order chi connectivity index (χ1) is 23.0. The van der Waals surface area contributed by atoms with Crippen molar-refractivity contribution in [3.8, 4) is 5.75 Å². The molecule has 0 unspecified atom stereocenters. The number of anilines is 1. The molecule has 4 aromatic carbocycles. The Morgan fingerprint density at radius 1 is 0.830 bits per heavy atom. The normalized spacial score (nSPS) is 11.6. The van der Waals surface area contributed by atoms with Crippen LogP contribution in [-0.2, 0) is 22.6 Å². The number of carboxylic acids is 1. The minimum absolute atomic E-state index is 0.0574. The molecule has 238 valence electrons. The van der Waals surface area contributed by atoms with Gasteiger partial charge in [0.05, 0.1) is 6.61 Å². The number of thiophene rings is 1. The lowest BCUT2D eigenvalue weighted by molar-refractivity contribution is -0.137. The van der Waals surface area contributed by atoms with Crippen molar-refractivity contribution in [1.82, 2.24) is 4.90 Å². The van der Waals surface area contributed by atoms with Crippen LogP contribution in [0, 0.1) is 0 Å². The molecule has 0 radical (unpaired) electrons. The Hall–Kier alpha value is -5.47. The van der Waals surface area contributed by atoms with Gasteiger partial charge in [0.2, 0.25) is 5.91 Å². The quantitative estimate of drug-likeness (QED) is 0.0653. The maximum Gasteiger partial charge on any atom is 0.326 e. The third-order valence-corrected chi connectivity index (χ3v) is 8.23. The van der Waals surface area contributed by atoms with Gasteiger partial charge in [0.25, 0.3) is 0 Å². The fraction of sp³-hybridized carbons (Fsp3) is 0.154. The summed E-state index contributed by atoms with van der Waals surface area (Å²) in [7, 11) is 0. The molecule has 5 aromatic rings. The van der Waals surface area contributed by atoms with Crippen molar-refractivity contribution in [3.05, 3.63) is 160 Å². The lowest BCUT2D eigenvalue weighted by Gasteiger charge is -2.21. The minimum atomic E-state index is -1.02. The zero-order valence-corrected chi connectivity index (χ0v) is 26.6. The Kier molecular flexibility index (Phi) is 11.7. The Balaban J connectivity index is 1.15. The molecular weight excluding hydrogens is 609 g/mol. The molecule has 7 nitrogen and oxygen atoms in total. The number of ketones is 1. The molecule has 0 aliphatic heterocycles. The van der Waals surface area contributed by atoms with Crippen molar-refractivity contribution in [1.29, 1.82) is 0 Å². The number of aliphatic carboxylic acids is 1. The lowest BCUT2D eigenvalue weighted by atomic mass is 10.00. The molecule has 1 atom stereocenters. The number of carboxylic acid groups (broad SMARTS) is 1. The second kappa shape index (κ2) is 16.7. The van der Waals surface area contributed by atoms with E-state index in [1.165, 1.54) is 0 Å². The van der Waals surface area contributed by atoms with Gasteiger partial charge in [-0.15, -0.1) is 0 Å². The summed E-state index contributed by atoms with van der Waals surface area (Å²) in [5.74, 6) is -0.600. The van der Waals surface area contributed by atoms with Gasteiger partial charge in [0.15, 0.2) is 5.78 Å². The fourth-order valence-corrected chi connectivity index (χ4v) is 5.68. The molecule has 1 aromatic heterocycles. The molecule has 1 amide bonds. The van der Waals surface area contributed by atoms with Crippen molar-refractivity contribution < 1.29 is 24.2 Å². The number of hydrogen-bond donors (Lipinski definition) is 2. The maximum absolute atomic E-state index is 13.1. The van der Waals surface area contributed by atoms with Gasteiger partial charge in [-0.1, -0.05) is 84.9 Å². The number of ether oxygens (including phenoxy) is 1. The summed E-state index contributed by atoms with van der Waals surface area (Å²) in [6, 6.07) is 34.1. The van der Waals surface area contributed by atoms with Gasteiger partial charge in [-0.25, -0.2) is 4.79 Å². The zero-order valence-electron chi connectivity index (χ0n) is 25.8. The molecule has 0 aliphatic carbocycles. The smallest absolute Gasteiger partial charge is 0.326 e. The summed E-state index contributed by atoms with van der Waals surface area (Å²) in [4.78, 5) is 40.2. The Labute approximate surface area is 278 Å². The minimum Gasteiger partial charge on any atom is -0.494 e. The molecule has 0 aliphatic rings. The number of nitrogens with zero attached hydrogens (tertiary/aromatic N) is 1. The monoisotopic (exact) mass is 644 g/mol. The van der Waals surface area contributed by atoms with E-state index in [1.807, 2.05) is 88.5 Å². The average molecular weight is 645 g/mol. The highest BCUT2D eigenvalue weighted by atomic mass is 32.1. The fourth-order valence-electron chi connectivity index (χ4n) is 5.06. The van der Waals surface area contributed by atoms with E-state index in [1.54, 1.807) is 65.9 Å². The van der Waals surface area contributed by atoms with E-state index < -0.39 is 12.0 Å². The van der Waals surface area contributed by atoms with Crippen LogP contribution in [-0.4, -0.2) is 46.9 Å². The molecule has 0 bridgehead atoms. The topological polar surface area (TPSA) is 95.9 Å². The number of amides is 1. The molecule has 2 N–H and O–H groups in total. The Morgan fingerprint density at radius 3 is 2.23 bits per heavy atom. The highest BCUT2D eigenvalue weighted by molar-refractivity contribution is 7.08. The van der Waals surface area contributed by atoms with Gasteiger partial charge in [0.1, 0.15) is 11.8 Å². The highest BCUT2D eigenvalue weighted by Crippen LogP contribution is 2.22. The van der Waals surface area contributed by atoms with E-state index in [4.69, 9.17) is 4.74 Å². The van der Waals surface area contributed by atoms with Crippen molar-refractivity contribution in [2.24, 2.45) is 0 Å². The van der Waals surface area contributed by atoms with Gasteiger partial charge in [0, 0.05) is 42.4 Å². The first-order valence-corrected chi connectivity index (χ1v) is 16.3. The number of rotatable bonds is 16. The summed E-state index contributed by atoms with van der Waals surface area (Å²) < 4.78 is 5.97. The van der Waals surface area contributed by atoms with Crippen LogP contribution in [0.15, 0.2) is 132 Å². The van der Waals surface area contributed by atoms with Crippen molar-refractivity contribution in [3.63, 3.8) is 0 Å². The van der Waals surface area contributed by atoms with Crippen LogP contribution in [0.2, 0.25) is 0 Å². The SMILES string of the molecule is O=C(c1ccccc1)c1ccccc1N[C@@H](Cc1ccc(OCCCN(Cc2ccccc2)C(=O)C=Cc2ccsc2)cc1)C(=O)O. The van der Waals surface area contributed by atoms with Crippen LogP contribution in [0.25, 0.3) is 6.08 Å². The maximum atomic E-state index is 13.1. The second-order valence-electron chi connectivity index (χ2n) is 11.0. The number of hydrogen-bond acceptors (Lipinski definition) is 6. The molecular formula is C39H36N2O5S. The van der Waals surface area contributed by atoms with E-state index in [-0.39, 0.29) is 18.1 Å². The predicted molar refractivity (Wildman–Crippen MR) is 187 cm³/mol. The Bertz CT molecular complexity index is 1770. The molecule has 5 rings (SSSR count). The zero-order chi connectivity index (χ0) is 32.8. The summed E-state index contributed by atoms with van der Waals surface area (Å²) in [6.45, 7) is 1.45. The van der Waals surface area contributed by atoms with Crippen molar-refractivity contribution >= 4 is 40.8 Å². The van der Waals surface area contributed by atoms with Crippen LogP contribution in [0.5, 0.6) is 5.75 Å².